The summed E-state index contributed by atoms with van der Waals surface area (Å²) in [5.74, 6) is 0.601. The smallest absolute Gasteiger partial charge is 0.0720 e. The van der Waals surface area contributed by atoms with Crippen molar-refractivity contribution < 1.29 is 4.21 Å². The summed E-state index contributed by atoms with van der Waals surface area (Å²) in [7, 11) is -0.976. The van der Waals surface area contributed by atoms with Crippen molar-refractivity contribution in [3.63, 3.8) is 0 Å². The maximum absolute atomic E-state index is 11.9. The molecule has 0 aliphatic heterocycles. The largest absolute Gasteiger partial charge is 0.254 e. The van der Waals surface area contributed by atoms with Crippen LogP contribution in [0.3, 0.4) is 0 Å². The van der Waals surface area contributed by atoms with Crippen LogP contribution in [0, 0.1) is 0 Å². The molecule has 100 valence electrons. The lowest BCUT2D eigenvalue weighted by molar-refractivity contribution is 0.684. The van der Waals surface area contributed by atoms with Gasteiger partial charge in [-0.1, -0.05) is 31.5 Å². The van der Waals surface area contributed by atoms with Crippen molar-refractivity contribution >= 4 is 22.4 Å². The fraction of sp³-hybridized carbons (Fsp3) is 0.267. The normalized spacial score (nSPS) is 12.4. The Morgan fingerprint density at radius 1 is 1.21 bits per heavy atom. The number of nitrogens with zero attached hydrogens (tertiary/aromatic N) is 1. The highest BCUT2D eigenvalue weighted by Crippen LogP contribution is 2.28. The molecule has 0 aliphatic carbocycles. The maximum Gasteiger partial charge on any atom is 0.0720 e. The van der Waals surface area contributed by atoms with E-state index in [1.54, 1.807) is 6.07 Å². The van der Waals surface area contributed by atoms with Crippen LogP contribution < -0.4 is 0 Å². The topological polar surface area (TPSA) is 30.0 Å². The van der Waals surface area contributed by atoms with Crippen molar-refractivity contribution in [3.05, 3.63) is 47.1 Å². The third kappa shape index (κ3) is 3.23. The molecule has 0 amide bonds. The summed E-state index contributed by atoms with van der Waals surface area (Å²) >= 11 is 6.24. The molecule has 0 radical (unpaired) electrons. The Morgan fingerprint density at radius 3 is 2.68 bits per heavy atom. The number of benzene rings is 1. The van der Waals surface area contributed by atoms with Crippen LogP contribution in [-0.2, 0) is 17.2 Å². The van der Waals surface area contributed by atoms with Gasteiger partial charge in [-0.2, -0.15) is 0 Å². The van der Waals surface area contributed by atoms with Gasteiger partial charge in [0, 0.05) is 21.9 Å². The summed E-state index contributed by atoms with van der Waals surface area (Å²) in [6, 6.07) is 11.4. The summed E-state index contributed by atoms with van der Waals surface area (Å²) in [5.41, 5.74) is 2.70. The molecule has 0 spiro atoms. The second-order valence-corrected chi connectivity index (χ2v) is 6.29. The molecule has 2 nitrogen and oxygen atoms in total. The standard InChI is InChI=1S/C15H16ClNOS/c1-3-11-6-5-7-15(17-11)13-10-12(19(18)4-2)8-9-14(13)16/h5-10H,3-4H2,1-2H3. The summed E-state index contributed by atoms with van der Waals surface area (Å²) in [6.45, 7) is 3.97. The molecule has 2 rings (SSSR count). The first-order chi connectivity index (χ1) is 9.15. The number of rotatable bonds is 4. The average Bonchev–Trinajstić information content (AvgIpc) is 2.47. The number of hydrogen-bond donors (Lipinski definition) is 0. The minimum absolute atomic E-state index is 0.601. The molecule has 0 bridgehead atoms. The van der Waals surface area contributed by atoms with Crippen molar-refractivity contribution in [1.82, 2.24) is 4.98 Å². The van der Waals surface area contributed by atoms with Gasteiger partial charge in [-0.05, 0) is 36.8 Å². The molecule has 1 aromatic heterocycles. The van der Waals surface area contributed by atoms with E-state index in [1.165, 1.54) is 0 Å². The number of hydrogen-bond acceptors (Lipinski definition) is 2. The molecular weight excluding hydrogens is 278 g/mol. The quantitative estimate of drug-likeness (QED) is 0.850. The Bertz CT molecular complexity index is 613. The minimum atomic E-state index is -0.976. The van der Waals surface area contributed by atoms with Crippen LogP contribution in [0.2, 0.25) is 5.02 Å². The van der Waals surface area contributed by atoms with E-state index < -0.39 is 10.8 Å². The van der Waals surface area contributed by atoms with Crippen LogP contribution in [-0.4, -0.2) is 14.9 Å². The molecule has 1 aromatic carbocycles. The molecule has 0 fully saturated rings. The Labute approximate surface area is 121 Å². The van der Waals surface area contributed by atoms with E-state index >= 15 is 0 Å². The highest BCUT2D eigenvalue weighted by atomic mass is 35.5. The lowest BCUT2D eigenvalue weighted by atomic mass is 10.1. The van der Waals surface area contributed by atoms with Gasteiger partial charge in [0.2, 0.25) is 0 Å². The molecule has 1 unspecified atom stereocenters. The van der Waals surface area contributed by atoms with Gasteiger partial charge in [0.05, 0.1) is 21.5 Å². The number of pyridine rings is 1. The van der Waals surface area contributed by atoms with E-state index in [0.29, 0.717) is 10.8 Å². The van der Waals surface area contributed by atoms with Gasteiger partial charge >= 0.3 is 0 Å². The monoisotopic (exact) mass is 293 g/mol. The average molecular weight is 294 g/mol. The first-order valence-electron chi connectivity index (χ1n) is 6.30. The molecule has 1 atom stereocenters. The van der Waals surface area contributed by atoms with E-state index in [1.807, 2.05) is 37.3 Å². The molecule has 2 aromatic rings. The van der Waals surface area contributed by atoms with E-state index in [-0.39, 0.29) is 0 Å². The van der Waals surface area contributed by atoms with E-state index in [9.17, 15) is 4.21 Å². The molecular formula is C15H16ClNOS. The maximum atomic E-state index is 11.9. The number of halogens is 1. The summed E-state index contributed by atoms with van der Waals surface area (Å²) < 4.78 is 11.9. The Balaban J connectivity index is 2.51. The molecule has 19 heavy (non-hydrogen) atoms. The molecule has 0 aliphatic rings. The Hall–Kier alpha value is -1.19. The summed E-state index contributed by atoms with van der Waals surface area (Å²) in [5, 5.41) is 0.637. The zero-order valence-electron chi connectivity index (χ0n) is 11.0. The van der Waals surface area contributed by atoms with Gasteiger partial charge in [0.1, 0.15) is 0 Å². The summed E-state index contributed by atoms with van der Waals surface area (Å²) in [4.78, 5) is 5.36. The lowest BCUT2D eigenvalue weighted by Crippen LogP contribution is -1.96. The summed E-state index contributed by atoms with van der Waals surface area (Å²) in [6.07, 6.45) is 0.881. The first kappa shape index (κ1) is 14.2. The van der Waals surface area contributed by atoms with Crippen LogP contribution in [0.5, 0.6) is 0 Å². The Kier molecular flexibility index (Phi) is 4.72. The number of aryl methyl sites for hydroxylation is 1. The third-order valence-electron chi connectivity index (χ3n) is 2.91. The van der Waals surface area contributed by atoms with Crippen molar-refractivity contribution in [2.75, 3.05) is 5.75 Å². The predicted octanol–water partition coefficient (Wildman–Crippen LogP) is 4.09. The van der Waals surface area contributed by atoms with Crippen LogP contribution in [0.1, 0.15) is 19.5 Å². The first-order valence-corrected chi connectivity index (χ1v) is 7.99. The molecule has 1 heterocycles. The Morgan fingerprint density at radius 2 is 2.00 bits per heavy atom. The van der Waals surface area contributed by atoms with E-state index in [2.05, 4.69) is 11.9 Å². The van der Waals surface area contributed by atoms with Gasteiger partial charge in [-0.25, -0.2) is 0 Å². The SMILES string of the molecule is CCc1cccc(-c2cc(S(=O)CC)ccc2Cl)n1. The van der Waals surface area contributed by atoms with Gasteiger partial charge in [0.15, 0.2) is 0 Å². The molecule has 0 saturated carbocycles. The highest BCUT2D eigenvalue weighted by Gasteiger charge is 2.09. The van der Waals surface area contributed by atoms with Gasteiger partial charge < -0.3 is 0 Å². The molecule has 4 heteroatoms. The van der Waals surface area contributed by atoms with Crippen LogP contribution in [0.25, 0.3) is 11.3 Å². The highest BCUT2D eigenvalue weighted by molar-refractivity contribution is 7.85. The van der Waals surface area contributed by atoms with Crippen LogP contribution >= 0.6 is 11.6 Å². The second-order valence-electron chi connectivity index (χ2n) is 4.14. The van der Waals surface area contributed by atoms with E-state index in [4.69, 9.17) is 11.6 Å². The van der Waals surface area contributed by atoms with Gasteiger partial charge in [-0.3, -0.25) is 9.19 Å². The van der Waals surface area contributed by atoms with Gasteiger partial charge in [0.25, 0.3) is 0 Å². The lowest BCUT2D eigenvalue weighted by Gasteiger charge is -2.08. The zero-order valence-corrected chi connectivity index (χ0v) is 12.6. The molecule has 0 N–H and O–H groups in total. The van der Waals surface area contributed by atoms with Crippen molar-refractivity contribution in [2.45, 2.75) is 25.2 Å². The van der Waals surface area contributed by atoms with Crippen LogP contribution in [0.15, 0.2) is 41.3 Å². The van der Waals surface area contributed by atoms with Crippen molar-refractivity contribution in [2.24, 2.45) is 0 Å². The molecule has 0 saturated heterocycles. The van der Waals surface area contributed by atoms with E-state index in [0.717, 1.165) is 28.3 Å². The minimum Gasteiger partial charge on any atom is -0.254 e. The third-order valence-corrected chi connectivity index (χ3v) is 4.54. The predicted molar refractivity (Wildman–Crippen MR) is 81.0 cm³/mol. The van der Waals surface area contributed by atoms with Crippen molar-refractivity contribution in [3.8, 4) is 11.3 Å². The second kappa shape index (κ2) is 6.31. The fourth-order valence-electron chi connectivity index (χ4n) is 1.84. The van der Waals surface area contributed by atoms with Crippen LogP contribution in [0.4, 0.5) is 0 Å². The number of aromatic nitrogens is 1. The fourth-order valence-corrected chi connectivity index (χ4v) is 2.85. The van der Waals surface area contributed by atoms with Crippen molar-refractivity contribution in [1.29, 1.82) is 0 Å². The van der Waals surface area contributed by atoms with Gasteiger partial charge in [-0.15, -0.1) is 0 Å². The zero-order chi connectivity index (χ0) is 13.8.